The summed E-state index contributed by atoms with van der Waals surface area (Å²) in [6.45, 7) is 2.63. The van der Waals surface area contributed by atoms with Crippen LogP contribution in [0.1, 0.15) is 36.1 Å². The van der Waals surface area contributed by atoms with Crippen molar-refractivity contribution in [2.45, 2.75) is 31.9 Å². The number of amides is 1. The first kappa shape index (κ1) is 25.4. The van der Waals surface area contributed by atoms with Gasteiger partial charge >= 0.3 is 0 Å². The number of carbonyl (C=O) groups is 2. The molecule has 2 atom stereocenters. The van der Waals surface area contributed by atoms with E-state index in [2.05, 4.69) is 0 Å². The number of aliphatic hydroxyl groups excluding tert-OH is 1. The maximum Gasteiger partial charge on any atom is 0.295 e. The van der Waals surface area contributed by atoms with Gasteiger partial charge in [0, 0.05) is 32.2 Å². The third-order valence-electron chi connectivity index (χ3n) is 6.46. The highest BCUT2D eigenvalue weighted by Crippen LogP contribution is 2.46. The van der Waals surface area contributed by atoms with Gasteiger partial charge in [-0.3, -0.25) is 9.59 Å². The molecule has 1 N–H and O–H groups in total. The van der Waals surface area contributed by atoms with Gasteiger partial charge in [0.25, 0.3) is 11.7 Å². The summed E-state index contributed by atoms with van der Waals surface area (Å²) in [5.41, 5.74) is 1.92. The van der Waals surface area contributed by atoms with Crippen LogP contribution in [0.2, 0.25) is 0 Å². The first-order valence-electron chi connectivity index (χ1n) is 11.7. The summed E-state index contributed by atoms with van der Waals surface area (Å²) in [5, 5.41) is 11.4. The maximum absolute atomic E-state index is 13.3. The largest absolute Gasteiger partial charge is 0.507 e. The van der Waals surface area contributed by atoms with Crippen molar-refractivity contribution in [1.29, 1.82) is 0 Å². The van der Waals surface area contributed by atoms with Crippen molar-refractivity contribution in [2.75, 3.05) is 41.6 Å². The first-order valence-corrected chi connectivity index (χ1v) is 11.7. The van der Waals surface area contributed by atoms with Crippen LogP contribution in [0.15, 0.2) is 35.9 Å². The molecule has 0 aliphatic carbocycles. The minimum Gasteiger partial charge on any atom is -0.507 e. The number of nitrogens with zero attached hydrogens (tertiary/aromatic N) is 1. The predicted octanol–water partition coefficient (Wildman–Crippen LogP) is 3.49. The van der Waals surface area contributed by atoms with Crippen LogP contribution in [-0.4, -0.2) is 69.4 Å². The zero-order chi connectivity index (χ0) is 26.0. The molecule has 0 aromatic heterocycles. The normalized spacial score (nSPS) is 20.3. The smallest absolute Gasteiger partial charge is 0.295 e. The third kappa shape index (κ3) is 4.46. The molecule has 2 unspecified atom stereocenters. The van der Waals surface area contributed by atoms with Crippen LogP contribution < -0.4 is 18.9 Å². The highest BCUT2D eigenvalue weighted by atomic mass is 16.5. The molecule has 2 aromatic carbocycles. The van der Waals surface area contributed by atoms with Gasteiger partial charge in [-0.15, -0.1) is 0 Å². The minimum atomic E-state index is -0.862. The van der Waals surface area contributed by atoms with E-state index in [1.165, 1.54) is 26.2 Å². The van der Waals surface area contributed by atoms with Gasteiger partial charge in [0.1, 0.15) is 17.6 Å². The molecule has 2 aromatic rings. The lowest BCUT2D eigenvalue weighted by molar-refractivity contribution is -0.140. The number of benzene rings is 2. The van der Waals surface area contributed by atoms with Crippen LogP contribution in [0.5, 0.6) is 23.0 Å². The van der Waals surface area contributed by atoms with Crippen LogP contribution in [0.4, 0.5) is 0 Å². The fourth-order valence-electron chi connectivity index (χ4n) is 4.82. The van der Waals surface area contributed by atoms with Crippen molar-refractivity contribution in [3.8, 4) is 23.0 Å². The van der Waals surface area contributed by atoms with E-state index in [-0.39, 0.29) is 24.0 Å². The van der Waals surface area contributed by atoms with Crippen LogP contribution in [-0.2, 0) is 20.7 Å². The van der Waals surface area contributed by atoms with E-state index >= 15 is 0 Å². The van der Waals surface area contributed by atoms with Gasteiger partial charge in [0.15, 0.2) is 11.5 Å². The quantitative estimate of drug-likeness (QED) is 0.243. The monoisotopic (exact) mass is 497 g/mol. The van der Waals surface area contributed by atoms with E-state index in [0.29, 0.717) is 47.8 Å². The highest BCUT2D eigenvalue weighted by molar-refractivity contribution is 6.46. The topological polar surface area (TPSA) is 104 Å². The van der Waals surface area contributed by atoms with Crippen molar-refractivity contribution in [1.82, 2.24) is 4.90 Å². The van der Waals surface area contributed by atoms with Crippen LogP contribution in [0, 0.1) is 0 Å². The molecule has 36 heavy (non-hydrogen) atoms. The van der Waals surface area contributed by atoms with Gasteiger partial charge < -0.3 is 33.7 Å². The Labute approximate surface area is 210 Å². The molecule has 9 nitrogen and oxygen atoms in total. The van der Waals surface area contributed by atoms with Crippen LogP contribution >= 0.6 is 0 Å². The summed E-state index contributed by atoms with van der Waals surface area (Å²) in [6, 6.07) is 7.78. The molecule has 2 aliphatic heterocycles. The number of carbonyl (C=O) groups excluding carboxylic acids is 2. The van der Waals surface area contributed by atoms with E-state index < -0.39 is 17.7 Å². The van der Waals surface area contributed by atoms with Gasteiger partial charge in [-0.25, -0.2) is 0 Å². The lowest BCUT2D eigenvalue weighted by Gasteiger charge is -2.26. The number of rotatable bonds is 9. The average molecular weight is 498 g/mol. The molecule has 1 fully saturated rings. The van der Waals surface area contributed by atoms with Gasteiger partial charge in [0.2, 0.25) is 5.75 Å². The second kappa shape index (κ2) is 10.5. The Morgan fingerprint density at radius 2 is 1.75 bits per heavy atom. The number of ether oxygens (including phenoxy) is 5. The Morgan fingerprint density at radius 3 is 2.36 bits per heavy atom. The Hall–Kier alpha value is -3.72. The standard InChI is InChI=1S/C27H31NO8/c1-15-11-17-12-16(7-8-19(17)36-15)24(29)22-23(28(9-6-10-32-2)27(31)25(22)30)18-13-20(33-3)26(35-5)21(14-18)34-4/h7-8,12-15,23,29H,6,9-11H2,1-5H3/b24-22-. The Balaban J connectivity index is 1.88. The second-order valence-corrected chi connectivity index (χ2v) is 8.75. The van der Waals surface area contributed by atoms with E-state index in [4.69, 9.17) is 23.7 Å². The fraction of sp³-hybridized carbons (Fsp3) is 0.407. The van der Waals surface area contributed by atoms with Crippen molar-refractivity contribution in [3.63, 3.8) is 0 Å². The van der Waals surface area contributed by atoms with Crippen molar-refractivity contribution < 1.29 is 38.4 Å². The Kier molecular flexibility index (Phi) is 7.40. The predicted molar refractivity (Wildman–Crippen MR) is 132 cm³/mol. The highest BCUT2D eigenvalue weighted by Gasteiger charge is 2.46. The van der Waals surface area contributed by atoms with Crippen LogP contribution in [0.3, 0.4) is 0 Å². The molecule has 0 radical (unpaired) electrons. The number of methoxy groups -OCH3 is 4. The lowest BCUT2D eigenvalue weighted by Crippen LogP contribution is -2.31. The molecule has 0 spiro atoms. The van der Waals surface area contributed by atoms with Crippen molar-refractivity contribution in [3.05, 3.63) is 52.6 Å². The molecule has 0 bridgehead atoms. The summed E-state index contributed by atoms with van der Waals surface area (Å²) >= 11 is 0. The summed E-state index contributed by atoms with van der Waals surface area (Å²) in [4.78, 5) is 27.9. The third-order valence-corrected chi connectivity index (χ3v) is 6.46. The molecule has 9 heteroatoms. The number of ketones is 1. The van der Waals surface area contributed by atoms with Gasteiger partial charge in [-0.05, 0) is 54.8 Å². The van der Waals surface area contributed by atoms with Gasteiger partial charge in [-0.1, -0.05) is 0 Å². The second-order valence-electron chi connectivity index (χ2n) is 8.75. The summed E-state index contributed by atoms with van der Waals surface area (Å²) < 4.78 is 27.3. The van der Waals surface area contributed by atoms with Gasteiger partial charge in [0.05, 0.1) is 32.9 Å². The molecule has 1 saturated heterocycles. The van der Waals surface area contributed by atoms with E-state index in [9.17, 15) is 14.7 Å². The number of hydrogen-bond acceptors (Lipinski definition) is 8. The maximum atomic E-state index is 13.3. The zero-order valence-electron chi connectivity index (χ0n) is 21.1. The van der Waals surface area contributed by atoms with E-state index in [0.717, 1.165) is 11.3 Å². The molecular formula is C27H31NO8. The van der Waals surface area contributed by atoms with Gasteiger partial charge in [-0.2, -0.15) is 0 Å². The zero-order valence-corrected chi connectivity index (χ0v) is 21.1. The number of likely N-dealkylation sites (tertiary alicyclic amines) is 1. The molecule has 4 rings (SSSR count). The molecule has 192 valence electrons. The number of hydrogen-bond donors (Lipinski definition) is 1. The molecule has 2 heterocycles. The number of fused-ring (bicyclic) bond motifs is 1. The van der Waals surface area contributed by atoms with Crippen molar-refractivity contribution >= 4 is 17.4 Å². The van der Waals surface area contributed by atoms with E-state index in [1.807, 2.05) is 6.92 Å². The van der Waals surface area contributed by atoms with Crippen LogP contribution in [0.25, 0.3) is 5.76 Å². The molecular weight excluding hydrogens is 466 g/mol. The Morgan fingerprint density at radius 1 is 1.06 bits per heavy atom. The summed E-state index contributed by atoms with van der Waals surface area (Å²) in [7, 11) is 6.05. The number of aliphatic hydroxyl groups is 1. The fourth-order valence-corrected chi connectivity index (χ4v) is 4.82. The van der Waals surface area contributed by atoms with Crippen molar-refractivity contribution in [2.24, 2.45) is 0 Å². The van der Waals surface area contributed by atoms with E-state index in [1.54, 1.807) is 37.4 Å². The lowest BCUT2D eigenvalue weighted by atomic mass is 9.94. The first-order chi connectivity index (χ1) is 17.3. The minimum absolute atomic E-state index is 0.00129. The molecule has 2 aliphatic rings. The number of Topliss-reactive ketones (excluding diaryl/α,β-unsaturated/α-hetero) is 1. The Bertz CT molecular complexity index is 1180. The summed E-state index contributed by atoms with van der Waals surface area (Å²) in [5.74, 6) is 0.186. The molecule has 1 amide bonds. The molecule has 0 saturated carbocycles. The average Bonchev–Trinajstić information content (AvgIpc) is 3.38. The summed E-state index contributed by atoms with van der Waals surface area (Å²) in [6.07, 6.45) is 1.24. The SMILES string of the molecule is COCCCN1C(=O)C(=O)/C(=C(\O)c2ccc3c(c2)CC(C)O3)C1c1cc(OC)c(OC)c(OC)c1.